The molecule has 1 saturated heterocycles. The fourth-order valence-corrected chi connectivity index (χ4v) is 5.34. The predicted octanol–water partition coefficient (Wildman–Crippen LogP) is 6.85. The van der Waals surface area contributed by atoms with Gasteiger partial charge in [-0.05, 0) is 66.7 Å². The van der Waals surface area contributed by atoms with Crippen LogP contribution in [0.2, 0.25) is 0 Å². The first kappa shape index (κ1) is 31.5. The third-order valence-electron chi connectivity index (χ3n) is 6.47. The van der Waals surface area contributed by atoms with Crippen molar-refractivity contribution in [1.29, 1.82) is 0 Å². The molecule has 35 heavy (non-hydrogen) atoms. The third kappa shape index (κ3) is 14.6. The van der Waals surface area contributed by atoms with E-state index in [4.69, 9.17) is 9.47 Å². The summed E-state index contributed by atoms with van der Waals surface area (Å²) in [4.78, 5) is 35.6. The average Bonchev–Trinajstić information content (AvgIpc) is 2.66. The van der Waals surface area contributed by atoms with Gasteiger partial charge in [-0.25, -0.2) is 0 Å². The Labute approximate surface area is 213 Å². The molecule has 0 aromatic carbocycles. The molecule has 1 unspecified atom stereocenters. The van der Waals surface area contributed by atoms with Crippen LogP contribution in [-0.2, 0) is 19.1 Å². The number of nitrogens with one attached hydrogen (secondary N) is 1. The topological polar surface area (TPSA) is 94.1 Å². The second-order valence-electron chi connectivity index (χ2n) is 12.9. The summed E-state index contributed by atoms with van der Waals surface area (Å²) in [5.41, 5.74) is -0.789. The van der Waals surface area contributed by atoms with Crippen molar-refractivity contribution >= 4 is 11.9 Å². The van der Waals surface area contributed by atoms with Crippen molar-refractivity contribution in [3.05, 3.63) is 4.91 Å². The maximum absolute atomic E-state index is 12.3. The smallest absolute Gasteiger partial charge is 0.306 e. The largest absolute Gasteiger partial charge is 0.462 e. The number of hydrogen-bond acceptors (Lipinski definition) is 7. The molecule has 0 aliphatic carbocycles. The maximum atomic E-state index is 12.3. The Morgan fingerprint density at radius 1 is 0.914 bits per heavy atom. The molecule has 0 bridgehead atoms. The number of carbonyl (C=O) groups excluding carboxylic acids is 2. The first-order chi connectivity index (χ1) is 16.1. The normalized spacial score (nSPS) is 18.8. The van der Waals surface area contributed by atoms with E-state index < -0.39 is 5.54 Å². The van der Waals surface area contributed by atoms with E-state index in [9.17, 15) is 14.5 Å². The Kier molecular flexibility index (Phi) is 12.9. The highest BCUT2D eigenvalue weighted by Gasteiger charge is 2.39. The number of hydrogen-bond donors (Lipinski definition) is 1. The highest BCUT2D eigenvalue weighted by Crippen LogP contribution is 2.30. The number of nitroso groups, excluding NO2 is 1. The number of nitrogens with zero attached hydrogens (tertiary/aromatic N) is 1. The van der Waals surface area contributed by atoms with Crippen molar-refractivity contribution in [2.45, 2.75) is 161 Å². The van der Waals surface area contributed by atoms with Crippen LogP contribution < -0.4 is 5.32 Å². The van der Waals surface area contributed by atoms with Gasteiger partial charge in [-0.2, -0.15) is 4.91 Å². The zero-order valence-electron chi connectivity index (χ0n) is 23.7. The number of ether oxygens (including phenoxy) is 2. The van der Waals surface area contributed by atoms with Gasteiger partial charge < -0.3 is 14.8 Å². The Hall–Kier alpha value is -1.50. The van der Waals surface area contributed by atoms with Crippen LogP contribution in [0.3, 0.4) is 0 Å². The van der Waals surface area contributed by atoms with Crippen LogP contribution in [0.1, 0.15) is 132 Å². The summed E-state index contributed by atoms with van der Waals surface area (Å²) < 4.78 is 11.4. The van der Waals surface area contributed by atoms with Crippen molar-refractivity contribution in [3.8, 4) is 0 Å². The molecule has 1 aliphatic rings. The molecule has 7 nitrogen and oxygen atoms in total. The number of esters is 2. The first-order valence-corrected chi connectivity index (χ1v) is 13.7. The molecule has 1 fully saturated rings. The Morgan fingerprint density at radius 3 is 1.89 bits per heavy atom. The van der Waals surface area contributed by atoms with Crippen LogP contribution >= 0.6 is 0 Å². The van der Waals surface area contributed by atoms with Crippen molar-refractivity contribution in [2.24, 2.45) is 11.1 Å². The van der Waals surface area contributed by atoms with Gasteiger partial charge in [0.15, 0.2) is 0 Å². The van der Waals surface area contributed by atoms with E-state index in [0.29, 0.717) is 25.2 Å². The van der Waals surface area contributed by atoms with Crippen LogP contribution in [0.15, 0.2) is 5.18 Å². The van der Waals surface area contributed by atoms with E-state index in [2.05, 4.69) is 52.0 Å². The van der Waals surface area contributed by atoms with E-state index >= 15 is 0 Å². The Morgan fingerprint density at radius 2 is 1.40 bits per heavy atom. The highest BCUT2D eigenvalue weighted by atomic mass is 16.5. The standard InChI is InChI=1S/C28H52N2O5/c1-21(2)17-22(18-28(7,8)30-33)34-24(31)15-13-11-9-10-12-14-16-25(32)35-23-19-26(3,4)29-27(5,6)20-23/h21-23,29H,9-20H2,1-8H3. The van der Waals surface area contributed by atoms with Gasteiger partial charge in [-0.15, -0.1) is 0 Å². The zero-order chi connectivity index (χ0) is 26.7. The first-order valence-electron chi connectivity index (χ1n) is 13.7. The summed E-state index contributed by atoms with van der Waals surface area (Å²) in [7, 11) is 0. The molecule has 7 heteroatoms. The molecule has 0 radical (unpaired) electrons. The van der Waals surface area contributed by atoms with Gasteiger partial charge in [-0.3, -0.25) is 9.59 Å². The average molecular weight is 497 g/mol. The number of piperidine rings is 1. The van der Waals surface area contributed by atoms with Crippen LogP contribution in [0.5, 0.6) is 0 Å². The summed E-state index contributed by atoms with van der Waals surface area (Å²) in [5.74, 6) is 0.102. The second-order valence-corrected chi connectivity index (χ2v) is 12.9. The molecule has 1 rings (SSSR count). The number of unbranched alkanes of at least 4 members (excludes halogenated alkanes) is 5. The molecule has 0 aromatic rings. The lowest BCUT2D eigenvalue weighted by Gasteiger charge is -2.45. The third-order valence-corrected chi connectivity index (χ3v) is 6.47. The summed E-state index contributed by atoms with van der Waals surface area (Å²) in [6.45, 7) is 16.3. The molecule has 0 spiro atoms. The Bertz CT molecular complexity index is 656. The zero-order valence-corrected chi connectivity index (χ0v) is 23.7. The molecule has 1 aliphatic heterocycles. The number of carbonyl (C=O) groups is 2. The molecule has 204 valence electrons. The molecule has 0 aromatic heterocycles. The monoisotopic (exact) mass is 496 g/mol. The lowest BCUT2D eigenvalue weighted by molar-refractivity contribution is -0.153. The van der Waals surface area contributed by atoms with Crippen molar-refractivity contribution < 1.29 is 19.1 Å². The molecular formula is C28H52N2O5. The minimum absolute atomic E-state index is 0.0191. The molecular weight excluding hydrogens is 444 g/mol. The van der Waals surface area contributed by atoms with Gasteiger partial charge in [0, 0.05) is 43.2 Å². The lowest BCUT2D eigenvalue weighted by Crippen LogP contribution is -2.59. The van der Waals surface area contributed by atoms with Gasteiger partial charge in [0.2, 0.25) is 0 Å². The highest BCUT2D eigenvalue weighted by molar-refractivity contribution is 5.69. The van der Waals surface area contributed by atoms with Crippen molar-refractivity contribution in [2.75, 3.05) is 0 Å². The minimum atomic E-state index is -0.729. The van der Waals surface area contributed by atoms with Gasteiger partial charge in [0.05, 0.1) is 0 Å². The van der Waals surface area contributed by atoms with Crippen molar-refractivity contribution in [3.63, 3.8) is 0 Å². The van der Waals surface area contributed by atoms with Crippen LogP contribution in [0.4, 0.5) is 0 Å². The summed E-state index contributed by atoms with van der Waals surface area (Å²) in [6.07, 6.45) is 9.15. The van der Waals surface area contributed by atoms with E-state index in [1.807, 2.05) is 0 Å². The van der Waals surface area contributed by atoms with Gasteiger partial charge in [0.1, 0.15) is 17.7 Å². The number of rotatable bonds is 16. The van der Waals surface area contributed by atoms with Crippen molar-refractivity contribution in [1.82, 2.24) is 5.32 Å². The second kappa shape index (κ2) is 14.3. The van der Waals surface area contributed by atoms with E-state index in [-0.39, 0.29) is 35.2 Å². The van der Waals surface area contributed by atoms with E-state index in [1.165, 1.54) is 0 Å². The van der Waals surface area contributed by atoms with E-state index in [1.54, 1.807) is 13.8 Å². The molecule has 1 heterocycles. The molecule has 1 atom stereocenters. The summed E-state index contributed by atoms with van der Waals surface area (Å²) >= 11 is 0. The summed E-state index contributed by atoms with van der Waals surface area (Å²) in [6, 6.07) is 0. The van der Waals surface area contributed by atoms with Crippen LogP contribution in [-0.4, -0.2) is 40.8 Å². The van der Waals surface area contributed by atoms with Gasteiger partial charge in [0.25, 0.3) is 0 Å². The maximum Gasteiger partial charge on any atom is 0.306 e. The fraction of sp³-hybridized carbons (Fsp3) is 0.929. The Balaban J connectivity index is 2.17. The van der Waals surface area contributed by atoms with Crippen LogP contribution in [0, 0.1) is 10.8 Å². The molecule has 0 amide bonds. The fourth-order valence-electron chi connectivity index (χ4n) is 5.34. The SMILES string of the molecule is CC(C)CC(CC(C)(C)N=O)OC(=O)CCCCCCCCC(=O)OC1CC(C)(C)NC(C)(C)C1. The van der Waals surface area contributed by atoms with E-state index in [0.717, 1.165) is 57.8 Å². The van der Waals surface area contributed by atoms with Crippen LogP contribution in [0.25, 0.3) is 0 Å². The summed E-state index contributed by atoms with van der Waals surface area (Å²) in [5, 5.41) is 6.78. The lowest BCUT2D eigenvalue weighted by atomic mass is 9.81. The molecule has 0 saturated carbocycles. The predicted molar refractivity (Wildman–Crippen MR) is 141 cm³/mol. The van der Waals surface area contributed by atoms with Gasteiger partial charge >= 0.3 is 11.9 Å². The quantitative estimate of drug-likeness (QED) is 0.143. The minimum Gasteiger partial charge on any atom is -0.462 e. The van der Waals surface area contributed by atoms with Gasteiger partial charge in [-0.1, -0.05) is 44.7 Å². The molecule has 1 N–H and O–H groups in total.